The molecule has 2 amide bonds. The van der Waals surface area contributed by atoms with E-state index in [2.05, 4.69) is 15.2 Å². The van der Waals surface area contributed by atoms with Crippen molar-refractivity contribution in [2.24, 2.45) is 0 Å². The van der Waals surface area contributed by atoms with Gasteiger partial charge in [0.05, 0.1) is 18.3 Å². The number of hydrogen-bond acceptors (Lipinski definition) is 6. The molecule has 9 heteroatoms. The van der Waals surface area contributed by atoms with Crippen molar-refractivity contribution in [2.45, 2.75) is 32.9 Å². The zero-order valence-electron chi connectivity index (χ0n) is 15.7. The standard InChI is InChI=1S/C18H25N5O3S/c1-13(2)20-15(24)11-21-6-8-22(9-7-21)16(25)3-5-23-12-19-17-14(18(23)26)4-10-27-17/h4,10,12-13H,3,5-9,11H2,1-2H3,(H,20,24). The smallest absolute Gasteiger partial charge is 0.262 e. The highest BCUT2D eigenvalue weighted by atomic mass is 32.1. The zero-order chi connectivity index (χ0) is 19.4. The summed E-state index contributed by atoms with van der Waals surface area (Å²) in [5.74, 6) is 0.0408. The average molecular weight is 391 g/mol. The van der Waals surface area contributed by atoms with Gasteiger partial charge >= 0.3 is 0 Å². The molecule has 3 heterocycles. The summed E-state index contributed by atoms with van der Waals surface area (Å²) in [6, 6.07) is 1.90. The van der Waals surface area contributed by atoms with Crippen LogP contribution in [0.25, 0.3) is 10.2 Å². The second kappa shape index (κ2) is 8.62. The molecule has 1 N–H and O–H groups in total. The van der Waals surface area contributed by atoms with Crippen LogP contribution in [0, 0.1) is 0 Å². The molecule has 0 aliphatic carbocycles. The first-order valence-electron chi connectivity index (χ1n) is 9.16. The summed E-state index contributed by atoms with van der Waals surface area (Å²) in [7, 11) is 0. The van der Waals surface area contributed by atoms with Gasteiger partial charge in [0, 0.05) is 45.2 Å². The largest absolute Gasteiger partial charge is 0.353 e. The molecule has 1 aliphatic heterocycles. The average Bonchev–Trinajstić information content (AvgIpc) is 3.10. The minimum Gasteiger partial charge on any atom is -0.353 e. The molecule has 0 saturated carbocycles. The molecule has 146 valence electrons. The minimum atomic E-state index is -0.102. The molecule has 27 heavy (non-hydrogen) atoms. The van der Waals surface area contributed by atoms with Crippen LogP contribution in [-0.4, -0.2) is 69.9 Å². The number of aromatic nitrogens is 2. The summed E-state index contributed by atoms with van der Waals surface area (Å²) in [5, 5.41) is 5.32. The molecular formula is C18H25N5O3S. The maximum atomic E-state index is 12.5. The molecule has 1 aliphatic rings. The van der Waals surface area contributed by atoms with Crippen LogP contribution in [0.4, 0.5) is 0 Å². The zero-order valence-corrected chi connectivity index (χ0v) is 16.5. The predicted molar refractivity (Wildman–Crippen MR) is 105 cm³/mol. The lowest BCUT2D eigenvalue weighted by molar-refractivity contribution is -0.133. The molecule has 0 atom stereocenters. The lowest BCUT2D eigenvalue weighted by Gasteiger charge is -2.34. The van der Waals surface area contributed by atoms with E-state index in [1.54, 1.807) is 11.0 Å². The van der Waals surface area contributed by atoms with Gasteiger partial charge in [0.1, 0.15) is 4.83 Å². The number of thiophene rings is 1. The number of carbonyl (C=O) groups is 2. The van der Waals surface area contributed by atoms with E-state index in [0.717, 1.165) is 4.83 Å². The lowest BCUT2D eigenvalue weighted by Crippen LogP contribution is -2.51. The van der Waals surface area contributed by atoms with Crippen molar-refractivity contribution in [3.63, 3.8) is 0 Å². The summed E-state index contributed by atoms with van der Waals surface area (Å²) >= 11 is 1.43. The van der Waals surface area contributed by atoms with Crippen molar-refractivity contribution < 1.29 is 9.59 Å². The minimum absolute atomic E-state index is 0.0143. The summed E-state index contributed by atoms with van der Waals surface area (Å²) in [6.45, 7) is 7.13. The summed E-state index contributed by atoms with van der Waals surface area (Å²) < 4.78 is 1.50. The Bertz CT molecular complexity index is 867. The molecule has 1 fully saturated rings. The molecular weight excluding hydrogens is 366 g/mol. The van der Waals surface area contributed by atoms with Gasteiger partial charge in [0.2, 0.25) is 11.8 Å². The van der Waals surface area contributed by atoms with Crippen molar-refractivity contribution in [1.82, 2.24) is 24.7 Å². The number of hydrogen-bond donors (Lipinski definition) is 1. The Labute approximate surface area is 161 Å². The summed E-state index contributed by atoms with van der Waals surface area (Å²) in [6.07, 6.45) is 1.78. The maximum absolute atomic E-state index is 12.5. The molecule has 2 aromatic rings. The van der Waals surface area contributed by atoms with Crippen LogP contribution in [0.15, 0.2) is 22.6 Å². The van der Waals surface area contributed by atoms with E-state index in [-0.39, 0.29) is 29.8 Å². The van der Waals surface area contributed by atoms with Crippen molar-refractivity contribution in [3.8, 4) is 0 Å². The van der Waals surface area contributed by atoms with Gasteiger partial charge in [-0.2, -0.15) is 0 Å². The normalized spacial score (nSPS) is 15.4. The fourth-order valence-corrected chi connectivity index (χ4v) is 3.88. The summed E-state index contributed by atoms with van der Waals surface area (Å²) in [4.78, 5) is 45.5. The number of rotatable bonds is 6. The Kier molecular flexibility index (Phi) is 6.22. The van der Waals surface area contributed by atoms with Gasteiger partial charge in [-0.3, -0.25) is 23.9 Å². The van der Waals surface area contributed by atoms with E-state index < -0.39 is 0 Å². The molecule has 0 spiro atoms. The fraction of sp³-hybridized carbons (Fsp3) is 0.556. The van der Waals surface area contributed by atoms with E-state index >= 15 is 0 Å². The quantitative estimate of drug-likeness (QED) is 0.776. The molecule has 0 radical (unpaired) electrons. The highest BCUT2D eigenvalue weighted by Crippen LogP contribution is 2.13. The van der Waals surface area contributed by atoms with Crippen LogP contribution < -0.4 is 10.9 Å². The number of aryl methyl sites for hydroxylation is 1. The molecule has 3 rings (SSSR count). The van der Waals surface area contributed by atoms with Gasteiger partial charge in [-0.25, -0.2) is 4.98 Å². The van der Waals surface area contributed by atoms with Crippen LogP contribution in [-0.2, 0) is 16.1 Å². The van der Waals surface area contributed by atoms with E-state index in [9.17, 15) is 14.4 Å². The number of fused-ring (bicyclic) bond motifs is 1. The molecule has 1 saturated heterocycles. The Morgan fingerprint density at radius 2 is 2.00 bits per heavy atom. The second-order valence-corrected chi connectivity index (χ2v) is 7.91. The van der Waals surface area contributed by atoms with Crippen LogP contribution in [0.3, 0.4) is 0 Å². The first kappa shape index (κ1) is 19.5. The van der Waals surface area contributed by atoms with Gasteiger partial charge in [0.15, 0.2) is 0 Å². The van der Waals surface area contributed by atoms with E-state index in [1.165, 1.54) is 22.2 Å². The highest BCUT2D eigenvalue weighted by Gasteiger charge is 2.22. The van der Waals surface area contributed by atoms with Crippen molar-refractivity contribution in [3.05, 3.63) is 28.1 Å². The predicted octanol–water partition coefficient (Wildman–Crippen LogP) is 0.517. The van der Waals surface area contributed by atoms with Crippen LogP contribution in [0.2, 0.25) is 0 Å². The van der Waals surface area contributed by atoms with Gasteiger partial charge in [-0.1, -0.05) is 0 Å². The monoisotopic (exact) mass is 391 g/mol. The second-order valence-electron chi connectivity index (χ2n) is 7.01. The third-order valence-electron chi connectivity index (χ3n) is 4.56. The Hall–Kier alpha value is -2.26. The molecule has 0 aromatic carbocycles. The van der Waals surface area contributed by atoms with Gasteiger partial charge in [-0.15, -0.1) is 11.3 Å². The van der Waals surface area contributed by atoms with E-state index in [4.69, 9.17) is 0 Å². The first-order chi connectivity index (χ1) is 12.9. The van der Waals surface area contributed by atoms with Gasteiger partial charge < -0.3 is 10.2 Å². The number of carbonyl (C=O) groups excluding carboxylic acids is 2. The highest BCUT2D eigenvalue weighted by molar-refractivity contribution is 7.16. The maximum Gasteiger partial charge on any atom is 0.262 e. The Morgan fingerprint density at radius 1 is 1.26 bits per heavy atom. The third kappa shape index (κ3) is 4.92. The summed E-state index contributed by atoms with van der Waals surface area (Å²) in [5.41, 5.74) is -0.102. The number of nitrogens with one attached hydrogen (secondary N) is 1. The first-order valence-corrected chi connectivity index (χ1v) is 10.0. The molecule has 8 nitrogen and oxygen atoms in total. The number of nitrogens with zero attached hydrogens (tertiary/aromatic N) is 4. The lowest BCUT2D eigenvalue weighted by atomic mass is 10.2. The molecule has 2 aromatic heterocycles. The van der Waals surface area contributed by atoms with Gasteiger partial charge in [-0.05, 0) is 25.3 Å². The van der Waals surface area contributed by atoms with Crippen molar-refractivity contribution >= 4 is 33.4 Å². The number of piperazine rings is 1. The van der Waals surface area contributed by atoms with Crippen LogP contribution in [0.1, 0.15) is 20.3 Å². The van der Waals surface area contributed by atoms with E-state index in [1.807, 2.05) is 19.2 Å². The van der Waals surface area contributed by atoms with Gasteiger partial charge in [0.25, 0.3) is 5.56 Å². The third-order valence-corrected chi connectivity index (χ3v) is 5.38. The molecule has 0 unspecified atom stereocenters. The SMILES string of the molecule is CC(C)NC(=O)CN1CCN(C(=O)CCn2cnc3sccc3c2=O)CC1. The van der Waals surface area contributed by atoms with E-state index in [0.29, 0.717) is 44.7 Å². The topological polar surface area (TPSA) is 87.5 Å². The number of amides is 2. The fourth-order valence-electron chi connectivity index (χ4n) is 3.15. The Balaban J connectivity index is 1.47. The van der Waals surface area contributed by atoms with Crippen molar-refractivity contribution in [2.75, 3.05) is 32.7 Å². The van der Waals surface area contributed by atoms with Crippen LogP contribution in [0.5, 0.6) is 0 Å². The van der Waals surface area contributed by atoms with Crippen molar-refractivity contribution in [1.29, 1.82) is 0 Å². The Morgan fingerprint density at radius 3 is 2.70 bits per heavy atom. The molecule has 0 bridgehead atoms. The van der Waals surface area contributed by atoms with Crippen LogP contribution >= 0.6 is 11.3 Å².